The monoisotopic (exact) mass is 269 g/mol. The second-order valence-corrected chi connectivity index (χ2v) is 5.40. The van der Waals surface area contributed by atoms with E-state index in [2.05, 4.69) is 24.8 Å². The number of nitrogens with zero attached hydrogens (tertiary/aromatic N) is 5. The summed E-state index contributed by atoms with van der Waals surface area (Å²) in [6.07, 6.45) is 2.89. The first-order valence-electron chi connectivity index (χ1n) is 6.98. The lowest BCUT2D eigenvalue weighted by molar-refractivity contribution is 0.698. The van der Waals surface area contributed by atoms with Gasteiger partial charge in [-0.1, -0.05) is 0 Å². The maximum absolute atomic E-state index is 4.59. The Bertz CT molecular complexity index is 605. The molecule has 20 heavy (non-hydrogen) atoms. The normalized spacial score (nSPS) is 18.6. The molecule has 0 radical (unpaired) electrons. The van der Waals surface area contributed by atoms with Crippen molar-refractivity contribution in [2.75, 3.05) is 18.0 Å². The molecule has 2 aromatic rings. The maximum atomic E-state index is 4.59. The van der Waals surface area contributed by atoms with Gasteiger partial charge in [-0.15, -0.1) is 0 Å². The fourth-order valence-corrected chi connectivity index (χ4v) is 2.73. The summed E-state index contributed by atoms with van der Waals surface area (Å²) in [7, 11) is 0. The highest BCUT2D eigenvalue weighted by atomic mass is 15.2. The van der Waals surface area contributed by atoms with Crippen molar-refractivity contribution in [3.05, 3.63) is 41.4 Å². The van der Waals surface area contributed by atoms with Crippen molar-refractivity contribution in [2.24, 2.45) is 0 Å². The van der Waals surface area contributed by atoms with Crippen molar-refractivity contribution in [1.82, 2.24) is 19.9 Å². The molecule has 0 saturated carbocycles. The van der Waals surface area contributed by atoms with Crippen LogP contribution in [0.5, 0.6) is 0 Å². The number of rotatable bonds is 2. The van der Waals surface area contributed by atoms with Crippen LogP contribution in [0.15, 0.2) is 18.3 Å². The Balaban J connectivity index is 1.79. The van der Waals surface area contributed by atoms with Gasteiger partial charge in [0.15, 0.2) is 0 Å². The Morgan fingerprint density at radius 3 is 2.55 bits per heavy atom. The molecule has 1 saturated heterocycles. The highest BCUT2D eigenvalue weighted by molar-refractivity contribution is 5.39. The average Bonchev–Trinajstić information content (AvgIpc) is 2.87. The zero-order valence-corrected chi connectivity index (χ0v) is 12.2. The van der Waals surface area contributed by atoms with Crippen LogP contribution in [0.25, 0.3) is 0 Å². The molecule has 1 aliphatic heterocycles. The zero-order valence-electron chi connectivity index (χ0n) is 12.2. The SMILES string of the molecule is Cc1cc(C)nc([C@H]2CCN(c3ccnc(C)n3)C2)n1. The van der Waals surface area contributed by atoms with Gasteiger partial charge in [0.2, 0.25) is 0 Å². The van der Waals surface area contributed by atoms with Gasteiger partial charge in [0.1, 0.15) is 17.5 Å². The van der Waals surface area contributed by atoms with Crippen LogP contribution in [0.2, 0.25) is 0 Å². The van der Waals surface area contributed by atoms with E-state index in [1.54, 1.807) is 0 Å². The standard InChI is InChI=1S/C15H19N5/c1-10-8-11(2)18-15(17-10)13-5-7-20(9-13)14-4-6-16-12(3)19-14/h4,6,8,13H,5,7,9H2,1-3H3/t13-/m0/s1. The Hall–Kier alpha value is -2.04. The van der Waals surface area contributed by atoms with Crippen LogP contribution in [0, 0.1) is 20.8 Å². The minimum absolute atomic E-state index is 0.392. The Morgan fingerprint density at radius 2 is 1.85 bits per heavy atom. The number of anilines is 1. The van der Waals surface area contributed by atoms with E-state index in [1.165, 1.54) is 0 Å². The van der Waals surface area contributed by atoms with Crippen LogP contribution in [0.1, 0.15) is 35.4 Å². The molecule has 3 heterocycles. The average molecular weight is 269 g/mol. The van der Waals surface area contributed by atoms with Crippen molar-refractivity contribution >= 4 is 5.82 Å². The molecule has 3 rings (SSSR count). The number of hydrogen-bond donors (Lipinski definition) is 0. The Morgan fingerprint density at radius 1 is 1.10 bits per heavy atom. The lowest BCUT2D eigenvalue weighted by Crippen LogP contribution is -2.21. The first-order chi connectivity index (χ1) is 9.61. The van der Waals surface area contributed by atoms with Crippen molar-refractivity contribution < 1.29 is 0 Å². The van der Waals surface area contributed by atoms with E-state index in [0.29, 0.717) is 5.92 Å². The van der Waals surface area contributed by atoms with E-state index in [4.69, 9.17) is 0 Å². The molecule has 5 heteroatoms. The van der Waals surface area contributed by atoms with Crippen molar-refractivity contribution in [3.8, 4) is 0 Å². The predicted molar refractivity (Wildman–Crippen MR) is 77.8 cm³/mol. The fraction of sp³-hybridized carbons (Fsp3) is 0.467. The predicted octanol–water partition coefficient (Wildman–Crippen LogP) is 2.19. The fourth-order valence-electron chi connectivity index (χ4n) is 2.73. The summed E-state index contributed by atoms with van der Waals surface area (Å²) in [6, 6.07) is 3.99. The molecule has 0 N–H and O–H groups in total. The first kappa shape index (κ1) is 13.0. The van der Waals surface area contributed by atoms with Gasteiger partial charge in [-0.2, -0.15) is 0 Å². The molecule has 2 aromatic heterocycles. The zero-order chi connectivity index (χ0) is 14.1. The van der Waals surface area contributed by atoms with Crippen molar-refractivity contribution in [1.29, 1.82) is 0 Å². The summed E-state index contributed by atoms with van der Waals surface area (Å²) < 4.78 is 0. The molecule has 1 fully saturated rings. The highest BCUT2D eigenvalue weighted by Crippen LogP contribution is 2.28. The third-order valence-electron chi connectivity index (χ3n) is 3.64. The molecule has 0 unspecified atom stereocenters. The Labute approximate surface area is 119 Å². The minimum atomic E-state index is 0.392. The number of hydrogen-bond acceptors (Lipinski definition) is 5. The second-order valence-electron chi connectivity index (χ2n) is 5.40. The molecule has 0 spiro atoms. The van der Waals surface area contributed by atoms with Gasteiger partial charge in [-0.25, -0.2) is 19.9 Å². The minimum Gasteiger partial charge on any atom is -0.356 e. The summed E-state index contributed by atoms with van der Waals surface area (Å²) >= 11 is 0. The molecule has 0 aromatic carbocycles. The Kier molecular flexibility index (Phi) is 3.34. The van der Waals surface area contributed by atoms with Gasteiger partial charge in [0.05, 0.1) is 0 Å². The van der Waals surface area contributed by atoms with E-state index < -0.39 is 0 Å². The maximum Gasteiger partial charge on any atom is 0.133 e. The second kappa shape index (κ2) is 5.15. The van der Waals surface area contributed by atoms with E-state index >= 15 is 0 Å². The molecular weight excluding hydrogens is 250 g/mol. The smallest absolute Gasteiger partial charge is 0.133 e. The lowest BCUT2D eigenvalue weighted by Gasteiger charge is -2.17. The summed E-state index contributed by atoms with van der Waals surface area (Å²) in [6.45, 7) is 7.90. The molecule has 1 aliphatic rings. The lowest BCUT2D eigenvalue weighted by atomic mass is 10.1. The van der Waals surface area contributed by atoms with E-state index in [0.717, 1.165) is 48.4 Å². The van der Waals surface area contributed by atoms with Crippen molar-refractivity contribution in [3.63, 3.8) is 0 Å². The highest BCUT2D eigenvalue weighted by Gasteiger charge is 2.27. The van der Waals surface area contributed by atoms with E-state index in [-0.39, 0.29) is 0 Å². The third kappa shape index (κ3) is 2.61. The number of aromatic nitrogens is 4. The third-order valence-corrected chi connectivity index (χ3v) is 3.64. The molecule has 0 aliphatic carbocycles. The largest absolute Gasteiger partial charge is 0.356 e. The molecule has 5 nitrogen and oxygen atoms in total. The van der Waals surface area contributed by atoms with E-state index in [9.17, 15) is 0 Å². The van der Waals surface area contributed by atoms with Gasteiger partial charge in [-0.05, 0) is 39.3 Å². The van der Waals surface area contributed by atoms with Gasteiger partial charge < -0.3 is 4.90 Å². The van der Waals surface area contributed by atoms with Gasteiger partial charge in [-0.3, -0.25) is 0 Å². The summed E-state index contributed by atoms with van der Waals surface area (Å²) in [5.74, 6) is 3.18. The van der Waals surface area contributed by atoms with Crippen molar-refractivity contribution in [2.45, 2.75) is 33.1 Å². The van der Waals surface area contributed by atoms with E-state index in [1.807, 2.05) is 39.1 Å². The number of aryl methyl sites for hydroxylation is 3. The van der Waals surface area contributed by atoms with Gasteiger partial charge in [0, 0.05) is 36.6 Å². The quantitative estimate of drug-likeness (QED) is 0.836. The molecule has 0 bridgehead atoms. The van der Waals surface area contributed by atoms with Crippen LogP contribution in [-0.4, -0.2) is 33.0 Å². The molecule has 104 valence electrons. The van der Waals surface area contributed by atoms with Crippen LogP contribution in [0.3, 0.4) is 0 Å². The van der Waals surface area contributed by atoms with Gasteiger partial charge in [0.25, 0.3) is 0 Å². The van der Waals surface area contributed by atoms with Gasteiger partial charge >= 0.3 is 0 Å². The molecule has 0 amide bonds. The molecular formula is C15H19N5. The topological polar surface area (TPSA) is 54.8 Å². The van der Waals surface area contributed by atoms with Crippen LogP contribution >= 0.6 is 0 Å². The summed E-state index contributed by atoms with van der Waals surface area (Å²) in [5, 5.41) is 0. The van der Waals surface area contributed by atoms with Crippen LogP contribution in [0.4, 0.5) is 5.82 Å². The summed E-state index contributed by atoms with van der Waals surface area (Å²) in [5.41, 5.74) is 2.09. The summed E-state index contributed by atoms with van der Waals surface area (Å²) in [4.78, 5) is 20.1. The van der Waals surface area contributed by atoms with Crippen LogP contribution < -0.4 is 4.90 Å². The first-order valence-corrected chi connectivity index (χ1v) is 6.98. The molecule has 1 atom stereocenters. The van der Waals surface area contributed by atoms with Crippen LogP contribution in [-0.2, 0) is 0 Å².